The van der Waals surface area contributed by atoms with Crippen LogP contribution in [0.3, 0.4) is 0 Å². The molecular formula is C18H22N2O. The summed E-state index contributed by atoms with van der Waals surface area (Å²) in [4.78, 5) is 4.43. The molecule has 3 heteroatoms. The molecule has 1 aliphatic rings. The molecular weight excluding hydrogens is 260 g/mol. The molecule has 0 bridgehead atoms. The fourth-order valence-corrected chi connectivity index (χ4v) is 2.81. The van der Waals surface area contributed by atoms with E-state index >= 15 is 0 Å². The van der Waals surface area contributed by atoms with Crippen LogP contribution in [0.15, 0.2) is 36.5 Å². The number of nitrogens with one attached hydrogen (secondary N) is 1. The molecule has 0 aliphatic heterocycles. The van der Waals surface area contributed by atoms with Gasteiger partial charge >= 0.3 is 0 Å². The van der Waals surface area contributed by atoms with Gasteiger partial charge in [0.1, 0.15) is 12.4 Å². The molecule has 3 rings (SSSR count). The van der Waals surface area contributed by atoms with Crippen LogP contribution >= 0.6 is 0 Å². The van der Waals surface area contributed by atoms with Crippen molar-refractivity contribution in [2.75, 3.05) is 7.05 Å². The number of ether oxygens (including phenoxy) is 1. The predicted molar refractivity (Wildman–Crippen MR) is 84.4 cm³/mol. The van der Waals surface area contributed by atoms with Crippen molar-refractivity contribution in [3.8, 4) is 5.75 Å². The Kier molecular flexibility index (Phi) is 4.51. The number of fused-ring (bicyclic) bond motifs is 1. The third-order valence-corrected chi connectivity index (χ3v) is 3.97. The molecule has 0 amide bonds. The first-order chi connectivity index (χ1) is 10.3. The number of aryl methyl sites for hydroxylation is 2. The van der Waals surface area contributed by atoms with E-state index in [4.69, 9.17) is 4.74 Å². The van der Waals surface area contributed by atoms with Crippen molar-refractivity contribution in [3.63, 3.8) is 0 Å². The molecule has 0 radical (unpaired) electrons. The van der Waals surface area contributed by atoms with E-state index in [1.807, 2.05) is 19.3 Å². The lowest BCUT2D eigenvalue weighted by molar-refractivity contribution is 0.300. The fraction of sp³-hybridized carbons (Fsp3) is 0.389. The smallest absolute Gasteiger partial charge is 0.130 e. The van der Waals surface area contributed by atoms with Crippen LogP contribution in [0, 0.1) is 0 Å². The molecule has 1 aromatic heterocycles. The van der Waals surface area contributed by atoms with E-state index in [-0.39, 0.29) is 0 Å². The van der Waals surface area contributed by atoms with Crippen LogP contribution in [0.4, 0.5) is 0 Å². The molecule has 2 aromatic rings. The Morgan fingerprint density at radius 3 is 2.71 bits per heavy atom. The van der Waals surface area contributed by atoms with Crippen molar-refractivity contribution in [1.82, 2.24) is 10.3 Å². The van der Waals surface area contributed by atoms with E-state index < -0.39 is 0 Å². The first-order valence-electron chi connectivity index (χ1n) is 7.68. The molecule has 110 valence electrons. The van der Waals surface area contributed by atoms with Crippen molar-refractivity contribution in [2.24, 2.45) is 0 Å². The molecule has 3 nitrogen and oxygen atoms in total. The van der Waals surface area contributed by atoms with Crippen LogP contribution in [0.2, 0.25) is 0 Å². The third kappa shape index (κ3) is 3.61. The zero-order valence-corrected chi connectivity index (χ0v) is 12.6. The van der Waals surface area contributed by atoms with Crippen molar-refractivity contribution < 1.29 is 4.74 Å². The highest BCUT2D eigenvalue weighted by atomic mass is 16.5. The SMILES string of the molecule is CNCc1ccc(COc2ccc3c(c2)CCCC3)nc1. The topological polar surface area (TPSA) is 34.1 Å². The lowest BCUT2D eigenvalue weighted by atomic mass is 9.92. The van der Waals surface area contributed by atoms with E-state index in [0.29, 0.717) is 6.61 Å². The van der Waals surface area contributed by atoms with Crippen molar-refractivity contribution in [2.45, 2.75) is 38.8 Å². The first-order valence-corrected chi connectivity index (χ1v) is 7.68. The van der Waals surface area contributed by atoms with Gasteiger partial charge in [0, 0.05) is 12.7 Å². The highest BCUT2D eigenvalue weighted by molar-refractivity contribution is 5.37. The molecule has 0 atom stereocenters. The van der Waals surface area contributed by atoms with Gasteiger partial charge in [0.25, 0.3) is 0 Å². The van der Waals surface area contributed by atoms with E-state index in [1.54, 1.807) is 0 Å². The average molecular weight is 282 g/mol. The zero-order valence-electron chi connectivity index (χ0n) is 12.6. The fourth-order valence-electron chi connectivity index (χ4n) is 2.81. The second-order valence-electron chi connectivity index (χ2n) is 5.61. The van der Waals surface area contributed by atoms with Crippen LogP contribution in [-0.2, 0) is 26.0 Å². The maximum Gasteiger partial charge on any atom is 0.130 e. The van der Waals surface area contributed by atoms with Crippen LogP contribution in [0.5, 0.6) is 5.75 Å². The average Bonchev–Trinajstić information content (AvgIpc) is 2.54. The van der Waals surface area contributed by atoms with Crippen LogP contribution in [0.25, 0.3) is 0 Å². The minimum absolute atomic E-state index is 0.526. The van der Waals surface area contributed by atoms with E-state index in [0.717, 1.165) is 18.0 Å². The molecule has 0 unspecified atom stereocenters. The Morgan fingerprint density at radius 1 is 1.10 bits per heavy atom. The van der Waals surface area contributed by atoms with Gasteiger partial charge in [0.05, 0.1) is 5.69 Å². The molecule has 1 N–H and O–H groups in total. The van der Waals surface area contributed by atoms with Gasteiger partial charge in [-0.3, -0.25) is 4.98 Å². The van der Waals surface area contributed by atoms with Gasteiger partial charge in [0.15, 0.2) is 0 Å². The quantitative estimate of drug-likeness (QED) is 0.914. The third-order valence-electron chi connectivity index (χ3n) is 3.97. The molecule has 0 saturated heterocycles. The van der Waals surface area contributed by atoms with Crippen LogP contribution < -0.4 is 10.1 Å². The molecule has 0 saturated carbocycles. The van der Waals surface area contributed by atoms with E-state index in [1.165, 1.54) is 42.4 Å². The maximum atomic E-state index is 5.88. The summed E-state index contributed by atoms with van der Waals surface area (Å²) < 4.78 is 5.88. The minimum Gasteiger partial charge on any atom is -0.487 e. The summed E-state index contributed by atoms with van der Waals surface area (Å²) in [5.74, 6) is 0.955. The Morgan fingerprint density at radius 2 is 1.95 bits per heavy atom. The Bertz CT molecular complexity index is 593. The molecule has 1 aromatic carbocycles. The molecule has 0 spiro atoms. The molecule has 1 heterocycles. The summed E-state index contributed by atoms with van der Waals surface area (Å²) in [5, 5.41) is 3.12. The van der Waals surface area contributed by atoms with Gasteiger partial charge in [-0.2, -0.15) is 0 Å². The molecule has 21 heavy (non-hydrogen) atoms. The summed E-state index contributed by atoms with van der Waals surface area (Å²) in [6.07, 6.45) is 6.91. The normalized spacial score (nSPS) is 13.8. The van der Waals surface area contributed by atoms with Crippen molar-refractivity contribution >= 4 is 0 Å². The Balaban J connectivity index is 1.61. The van der Waals surface area contributed by atoms with Gasteiger partial charge in [0.2, 0.25) is 0 Å². The summed E-state index contributed by atoms with van der Waals surface area (Å²) in [6.45, 7) is 1.37. The molecule has 0 fully saturated rings. The van der Waals surface area contributed by atoms with Gasteiger partial charge < -0.3 is 10.1 Å². The highest BCUT2D eigenvalue weighted by Crippen LogP contribution is 2.25. The van der Waals surface area contributed by atoms with Crippen molar-refractivity contribution in [1.29, 1.82) is 0 Å². The van der Waals surface area contributed by atoms with Crippen LogP contribution in [-0.4, -0.2) is 12.0 Å². The van der Waals surface area contributed by atoms with Gasteiger partial charge in [-0.05, 0) is 67.6 Å². The standard InChI is InChI=1S/C18H22N2O/c1-19-11-14-6-8-17(20-12-14)13-21-18-9-7-15-4-2-3-5-16(15)10-18/h6-10,12,19H,2-5,11,13H2,1H3. The summed E-state index contributed by atoms with van der Waals surface area (Å²) in [6, 6.07) is 10.6. The van der Waals surface area contributed by atoms with Gasteiger partial charge in [-0.25, -0.2) is 0 Å². The summed E-state index contributed by atoms with van der Waals surface area (Å²) in [7, 11) is 1.94. The number of hydrogen-bond acceptors (Lipinski definition) is 3. The number of nitrogens with zero attached hydrogens (tertiary/aromatic N) is 1. The molecule has 1 aliphatic carbocycles. The maximum absolute atomic E-state index is 5.88. The largest absolute Gasteiger partial charge is 0.487 e. The Hall–Kier alpha value is -1.87. The Labute approximate surface area is 126 Å². The lowest BCUT2D eigenvalue weighted by Crippen LogP contribution is -2.06. The highest BCUT2D eigenvalue weighted by Gasteiger charge is 2.10. The minimum atomic E-state index is 0.526. The monoisotopic (exact) mass is 282 g/mol. The predicted octanol–water partition coefficient (Wildman–Crippen LogP) is 3.26. The van der Waals surface area contributed by atoms with Gasteiger partial charge in [-0.15, -0.1) is 0 Å². The second kappa shape index (κ2) is 6.72. The summed E-state index contributed by atoms with van der Waals surface area (Å²) in [5.41, 5.74) is 5.10. The number of pyridine rings is 1. The zero-order chi connectivity index (χ0) is 14.5. The lowest BCUT2D eigenvalue weighted by Gasteiger charge is -2.16. The second-order valence-corrected chi connectivity index (χ2v) is 5.61. The summed E-state index contributed by atoms with van der Waals surface area (Å²) >= 11 is 0. The number of benzene rings is 1. The number of aromatic nitrogens is 1. The van der Waals surface area contributed by atoms with Gasteiger partial charge in [-0.1, -0.05) is 12.1 Å². The number of hydrogen-bond donors (Lipinski definition) is 1. The van der Waals surface area contributed by atoms with E-state index in [2.05, 4.69) is 34.6 Å². The first kappa shape index (κ1) is 14.1. The van der Waals surface area contributed by atoms with Crippen molar-refractivity contribution in [3.05, 3.63) is 58.9 Å². The van der Waals surface area contributed by atoms with Crippen LogP contribution in [0.1, 0.15) is 35.2 Å². The number of rotatable bonds is 5. The van der Waals surface area contributed by atoms with E-state index in [9.17, 15) is 0 Å².